The highest BCUT2D eigenvalue weighted by atomic mass is 32.1. The smallest absolute Gasteiger partial charge is 0.159 e. The molecule has 0 bridgehead atoms. The van der Waals surface area contributed by atoms with Crippen molar-refractivity contribution < 1.29 is 0 Å². The number of para-hydroxylation sites is 1. The number of allylic oxidation sites excluding steroid dienone is 2. The molecule has 0 amide bonds. The second kappa shape index (κ2) is 5.45. The van der Waals surface area contributed by atoms with Crippen LogP contribution in [0.4, 0.5) is 0 Å². The van der Waals surface area contributed by atoms with Gasteiger partial charge in [0.15, 0.2) is 5.82 Å². The Morgan fingerprint density at radius 3 is 2.43 bits per heavy atom. The molecule has 2 aromatic carbocycles. The first-order chi connectivity index (χ1) is 11.2. The van der Waals surface area contributed by atoms with E-state index < -0.39 is 0 Å². The molecule has 0 atom stereocenters. The van der Waals surface area contributed by atoms with Crippen LogP contribution >= 0.6 is 11.3 Å². The summed E-state index contributed by atoms with van der Waals surface area (Å²) in [5.41, 5.74) is 2.56. The van der Waals surface area contributed by atoms with Gasteiger partial charge in [0.05, 0.1) is 5.52 Å². The van der Waals surface area contributed by atoms with Gasteiger partial charge in [0.25, 0.3) is 0 Å². The van der Waals surface area contributed by atoms with Crippen molar-refractivity contribution in [2.75, 3.05) is 0 Å². The molecule has 0 aliphatic carbocycles. The summed E-state index contributed by atoms with van der Waals surface area (Å²) in [4.78, 5) is 10.2. The Labute approximate surface area is 138 Å². The number of fused-ring (bicyclic) bond motifs is 2. The van der Waals surface area contributed by atoms with Crippen molar-refractivity contribution in [2.45, 2.75) is 0 Å². The van der Waals surface area contributed by atoms with Crippen molar-refractivity contribution in [3.63, 3.8) is 0 Å². The fourth-order valence-electron chi connectivity index (χ4n) is 2.53. The van der Waals surface area contributed by atoms with E-state index in [-0.39, 0.29) is 0 Å². The normalized spacial score (nSPS) is 11.0. The predicted molar refractivity (Wildman–Crippen MR) is 99.4 cm³/mol. The summed E-state index contributed by atoms with van der Waals surface area (Å²) in [6, 6.07) is 18.4. The first-order valence-electron chi connectivity index (χ1n) is 7.32. The van der Waals surface area contributed by atoms with Gasteiger partial charge in [0, 0.05) is 26.7 Å². The summed E-state index contributed by atoms with van der Waals surface area (Å²) < 4.78 is 1.25. The Morgan fingerprint density at radius 1 is 0.870 bits per heavy atom. The number of hydrogen-bond donors (Lipinski definition) is 0. The minimum absolute atomic E-state index is 0.631. The predicted octanol–water partition coefficient (Wildman–Crippen LogP) is 5.57. The Balaban J connectivity index is 1.72. The van der Waals surface area contributed by atoms with Crippen LogP contribution in [0.5, 0.6) is 0 Å². The Bertz CT molecular complexity index is 1030. The second-order valence-electron chi connectivity index (χ2n) is 5.36. The van der Waals surface area contributed by atoms with Crippen LogP contribution in [-0.2, 0) is 0 Å². The van der Waals surface area contributed by atoms with E-state index in [1.807, 2.05) is 42.6 Å². The molecule has 0 unspecified atom stereocenters. The number of hydrogen-bond acceptors (Lipinski definition) is 3. The van der Waals surface area contributed by atoms with E-state index in [0.29, 0.717) is 5.82 Å². The van der Waals surface area contributed by atoms with E-state index in [2.05, 4.69) is 41.3 Å². The lowest BCUT2D eigenvalue weighted by Crippen LogP contribution is -1.94. The third-order valence-corrected chi connectivity index (χ3v) is 5.02. The van der Waals surface area contributed by atoms with Gasteiger partial charge in [-0.25, -0.2) is 9.97 Å². The number of aromatic nitrogens is 2. The van der Waals surface area contributed by atoms with Crippen molar-refractivity contribution in [1.29, 1.82) is 0 Å². The van der Waals surface area contributed by atoms with Gasteiger partial charge in [-0.15, -0.1) is 11.3 Å². The summed E-state index contributed by atoms with van der Waals surface area (Å²) in [6.45, 7) is 8.37. The zero-order valence-corrected chi connectivity index (χ0v) is 13.3. The first kappa shape index (κ1) is 13.9. The Hall–Kier alpha value is -2.78. The minimum atomic E-state index is 0.631. The molecule has 0 N–H and O–H groups in total. The van der Waals surface area contributed by atoms with Crippen molar-refractivity contribution >= 4 is 43.5 Å². The second-order valence-corrected chi connectivity index (χ2v) is 6.44. The molecular weight excluding hydrogens is 300 g/mol. The van der Waals surface area contributed by atoms with Gasteiger partial charge in [0.2, 0.25) is 0 Å². The number of rotatable bonds is 3. The van der Waals surface area contributed by atoms with Crippen LogP contribution in [0.3, 0.4) is 0 Å². The molecule has 0 aliphatic heterocycles. The van der Waals surface area contributed by atoms with Crippen LogP contribution in [-0.4, -0.2) is 9.97 Å². The highest BCUT2D eigenvalue weighted by molar-refractivity contribution is 7.20. The Kier molecular flexibility index (Phi) is 3.28. The first-order valence-corrected chi connectivity index (χ1v) is 8.13. The quantitative estimate of drug-likeness (QED) is 0.462. The van der Waals surface area contributed by atoms with Gasteiger partial charge in [-0.2, -0.15) is 0 Å². The molecule has 0 fully saturated rings. The molecule has 110 valence electrons. The summed E-state index contributed by atoms with van der Waals surface area (Å²) in [5.74, 6) is 0.631. The lowest BCUT2D eigenvalue weighted by molar-refractivity contribution is 1.17. The van der Waals surface area contributed by atoms with E-state index in [4.69, 9.17) is 0 Å². The van der Waals surface area contributed by atoms with Gasteiger partial charge in [-0.05, 0) is 29.2 Å². The third kappa shape index (κ3) is 2.45. The van der Waals surface area contributed by atoms with E-state index in [1.54, 1.807) is 11.3 Å². The van der Waals surface area contributed by atoms with E-state index in [0.717, 1.165) is 26.9 Å². The SMILES string of the molecule is C=C(C(=C)c1cc2ccccc2s1)c1ncc2ccccc2n1. The molecule has 0 aliphatic rings. The molecule has 2 aromatic heterocycles. The lowest BCUT2D eigenvalue weighted by Gasteiger charge is -2.07. The molecular formula is C20H14N2S. The summed E-state index contributed by atoms with van der Waals surface area (Å²) in [7, 11) is 0. The van der Waals surface area contributed by atoms with Crippen LogP contribution in [0.2, 0.25) is 0 Å². The molecule has 0 saturated carbocycles. The van der Waals surface area contributed by atoms with Crippen molar-refractivity contribution in [3.8, 4) is 0 Å². The van der Waals surface area contributed by atoms with Gasteiger partial charge in [-0.1, -0.05) is 49.6 Å². The standard InChI is InChI=1S/C20H14N2S/c1-13(19-11-15-7-4-6-10-18(15)23-19)14(2)20-21-12-16-8-3-5-9-17(16)22-20/h3-12H,1-2H2. The molecule has 4 rings (SSSR count). The van der Waals surface area contributed by atoms with Gasteiger partial charge >= 0.3 is 0 Å². The highest BCUT2D eigenvalue weighted by Crippen LogP contribution is 2.35. The largest absolute Gasteiger partial charge is 0.236 e. The van der Waals surface area contributed by atoms with Crippen LogP contribution in [0.25, 0.3) is 32.1 Å². The third-order valence-electron chi connectivity index (χ3n) is 3.85. The van der Waals surface area contributed by atoms with Gasteiger partial charge < -0.3 is 0 Å². The summed E-state index contributed by atoms with van der Waals surface area (Å²) in [6.07, 6.45) is 1.83. The zero-order valence-electron chi connectivity index (χ0n) is 12.5. The maximum absolute atomic E-state index is 4.61. The van der Waals surface area contributed by atoms with Gasteiger partial charge in [0.1, 0.15) is 0 Å². The molecule has 0 saturated heterocycles. The maximum Gasteiger partial charge on any atom is 0.159 e. The maximum atomic E-state index is 4.61. The average molecular weight is 314 g/mol. The van der Waals surface area contributed by atoms with Crippen molar-refractivity contribution in [2.24, 2.45) is 0 Å². The van der Waals surface area contributed by atoms with Crippen LogP contribution in [0, 0.1) is 0 Å². The number of nitrogens with zero attached hydrogens (tertiary/aromatic N) is 2. The topological polar surface area (TPSA) is 25.8 Å². The molecule has 2 heterocycles. The van der Waals surface area contributed by atoms with E-state index >= 15 is 0 Å². The molecule has 0 radical (unpaired) electrons. The number of benzene rings is 2. The van der Waals surface area contributed by atoms with Crippen molar-refractivity contribution in [1.82, 2.24) is 9.97 Å². The average Bonchev–Trinajstić information content (AvgIpc) is 3.04. The highest BCUT2D eigenvalue weighted by Gasteiger charge is 2.12. The molecule has 3 heteroatoms. The molecule has 23 heavy (non-hydrogen) atoms. The van der Waals surface area contributed by atoms with Crippen molar-refractivity contribution in [3.05, 3.63) is 84.7 Å². The van der Waals surface area contributed by atoms with E-state index in [1.165, 1.54) is 10.1 Å². The molecule has 4 aromatic rings. The molecule has 0 spiro atoms. The van der Waals surface area contributed by atoms with Crippen LogP contribution < -0.4 is 0 Å². The molecule has 2 nitrogen and oxygen atoms in total. The fourth-order valence-corrected chi connectivity index (χ4v) is 3.59. The monoisotopic (exact) mass is 314 g/mol. The minimum Gasteiger partial charge on any atom is -0.236 e. The van der Waals surface area contributed by atoms with Gasteiger partial charge in [-0.3, -0.25) is 0 Å². The fraction of sp³-hybridized carbons (Fsp3) is 0. The van der Waals surface area contributed by atoms with E-state index in [9.17, 15) is 0 Å². The summed E-state index contributed by atoms with van der Waals surface area (Å²) in [5, 5.41) is 2.25. The number of thiophene rings is 1. The van der Waals surface area contributed by atoms with Crippen LogP contribution in [0.15, 0.2) is 74.0 Å². The summed E-state index contributed by atoms with van der Waals surface area (Å²) >= 11 is 1.72. The zero-order chi connectivity index (χ0) is 15.8. The Morgan fingerprint density at radius 2 is 1.61 bits per heavy atom. The lowest BCUT2D eigenvalue weighted by atomic mass is 10.1. The van der Waals surface area contributed by atoms with Crippen LogP contribution in [0.1, 0.15) is 10.7 Å².